The molecule has 1 heterocycles. The van der Waals surface area contributed by atoms with Crippen LogP contribution in [0.25, 0.3) is 10.9 Å². The highest BCUT2D eigenvalue weighted by Gasteiger charge is 2.14. The van der Waals surface area contributed by atoms with Crippen LogP contribution in [0.3, 0.4) is 0 Å². The Morgan fingerprint density at radius 1 is 1.67 bits per heavy atom. The van der Waals surface area contributed by atoms with E-state index in [1.165, 1.54) is 6.20 Å². The van der Waals surface area contributed by atoms with Crippen molar-refractivity contribution >= 4 is 16.9 Å². The third kappa shape index (κ3) is 1.85. The van der Waals surface area contributed by atoms with Gasteiger partial charge in [-0.3, -0.25) is 4.79 Å². The van der Waals surface area contributed by atoms with E-state index in [2.05, 4.69) is 4.98 Å². The lowest BCUT2D eigenvalue weighted by molar-refractivity contribution is -0.138. The fourth-order valence-corrected chi connectivity index (χ4v) is 1.44. The van der Waals surface area contributed by atoms with Gasteiger partial charge in [0.1, 0.15) is 6.02 Å². The Balaban J connectivity index is 2.50. The first kappa shape index (κ1) is 7.48. The maximum absolute atomic E-state index is 10.9. The van der Waals surface area contributed by atoms with Crippen LogP contribution in [0.4, 0.5) is 0 Å². The van der Waals surface area contributed by atoms with Gasteiger partial charge in [-0.05, 0) is 11.6 Å². The van der Waals surface area contributed by atoms with Crippen molar-refractivity contribution in [1.29, 1.82) is 0 Å². The van der Waals surface area contributed by atoms with Gasteiger partial charge in [0.2, 0.25) is 0 Å². The Kier molecular flexibility index (Phi) is 1.87. The molecule has 0 saturated carbocycles. The summed E-state index contributed by atoms with van der Waals surface area (Å²) in [7, 11) is 0. The first-order valence-electron chi connectivity index (χ1n) is 5.53. The molecule has 78 valence electrons. The fraction of sp³-hybridized carbons (Fsp3) is 0.182. The van der Waals surface area contributed by atoms with Crippen LogP contribution in [-0.4, -0.2) is 22.1 Å². The average molecular weight is 206 g/mol. The Labute approximate surface area is 89.5 Å². The molecule has 0 bridgehead atoms. The van der Waals surface area contributed by atoms with Gasteiger partial charge >= 0.3 is 5.97 Å². The number of carboxylic acid groups (broad SMARTS) is 1. The Morgan fingerprint density at radius 3 is 3.13 bits per heavy atom. The lowest BCUT2D eigenvalue weighted by Gasteiger charge is -2.04. The molecule has 0 unspecified atom stereocenters. The third-order valence-electron chi connectivity index (χ3n) is 2.18. The van der Waals surface area contributed by atoms with Crippen molar-refractivity contribution in [1.82, 2.24) is 4.98 Å². The summed E-state index contributed by atoms with van der Waals surface area (Å²) in [6.07, 6.45) is 0.178. The van der Waals surface area contributed by atoms with Gasteiger partial charge in [-0.15, -0.1) is 0 Å². The molecule has 0 amide bonds. The molecule has 0 fully saturated rings. The number of benzene rings is 1. The van der Waals surface area contributed by atoms with E-state index >= 15 is 0 Å². The van der Waals surface area contributed by atoms with Crippen LogP contribution in [0.15, 0.2) is 30.5 Å². The summed E-state index contributed by atoms with van der Waals surface area (Å²) < 4.78 is 15.3. The summed E-state index contributed by atoms with van der Waals surface area (Å²) in [5.41, 5.74) is 6.56. The predicted molar refractivity (Wildman–Crippen MR) is 57.6 cm³/mol. The van der Waals surface area contributed by atoms with E-state index in [9.17, 15) is 4.79 Å². The van der Waals surface area contributed by atoms with Crippen molar-refractivity contribution in [2.24, 2.45) is 5.73 Å². The number of hydrogen-bond acceptors (Lipinski definition) is 2. The molecule has 1 aromatic heterocycles. The van der Waals surface area contributed by atoms with Crippen LogP contribution in [0.2, 0.25) is 0 Å². The number of nitrogens with two attached hydrogens (primary N) is 1. The molecule has 2 rings (SSSR count). The fourth-order valence-electron chi connectivity index (χ4n) is 1.44. The first-order chi connectivity index (χ1) is 7.94. The molecule has 4 N–H and O–H groups in total. The van der Waals surface area contributed by atoms with Crippen molar-refractivity contribution in [3.8, 4) is 0 Å². The Bertz CT molecular complexity index is 565. The minimum atomic E-state index is -2.36. The largest absolute Gasteiger partial charge is 0.480 e. The number of aliphatic carboxylic acids is 1. The smallest absolute Gasteiger partial charge is 0.320 e. The van der Waals surface area contributed by atoms with Gasteiger partial charge in [0.25, 0.3) is 0 Å². The van der Waals surface area contributed by atoms with E-state index in [1.807, 2.05) is 12.1 Å². The highest BCUT2D eigenvalue weighted by atomic mass is 16.4. The van der Waals surface area contributed by atoms with Crippen LogP contribution >= 0.6 is 0 Å². The second-order valence-corrected chi connectivity index (χ2v) is 3.19. The molecule has 2 atom stereocenters. The number of hydrogen-bond donors (Lipinski definition) is 3. The number of rotatable bonds is 3. The first-order valence-corrected chi connectivity index (χ1v) is 4.45. The molecule has 4 heteroatoms. The number of aromatic nitrogens is 1. The normalized spacial score (nSPS) is 19.0. The van der Waals surface area contributed by atoms with Gasteiger partial charge in [-0.25, -0.2) is 0 Å². The van der Waals surface area contributed by atoms with Gasteiger partial charge in [-0.2, -0.15) is 0 Å². The van der Waals surface area contributed by atoms with E-state index in [0.29, 0.717) is 5.56 Å². The van der Waals surface area contributed by atoms with E-state index < -0.39 is 18.4 Å². The van der Waals surface area contributed by atoms with Crippen molar-refractivity contribution in [2.45, 2.75) is 12.4 Å². The monoisotopic (exact) mass is 206 g/mol. The minimum absolute atomic E-state index is 0.417. The zero-order valence-corrected chi connectivity index (χ0v) is 7.90. The van der Waals surface area contributed by atoms with Crippen molar-refractivity contribution < 1.29 is 12.6 Å². The molecule has 1 aromatic carbocycles. The second-order valence-electron chi connectivity index (χ2n) is 3.19. The quantitative estimate of drug-likeness (QED) is 0.704. The number of aromatic amines is 1. The number of carbonyl (C=O) groups is 1. The predicted octanol–water partition coefficient (Wildman–Crippen LogP) is 1.12. The summed E-state index contributed by atoms with van der Waals surface area (Å²) >= 11 is 0. The molecular weight excluding hydrogens is 192 g/mol. The van der Waals surface area contributed by atoms with Gasteiger partial charge in [0.05, 0.1) is 1.37 Å². The molecule has 0 aliphatic carbocycles. The molecule has 0 saturated heterocycles. The van der Waals surface area contributed by atoms with Crippen molar-refractivity contribution in [3.63, 3.8) is 0 Å². The van der Waals surface area contributed by atoms with Gasteiger partial charge < -0.3 is 15.8 Å². The van der Waals surface area contributed by atoms with Gasteiger partial charge in [0.15, 0.2) is 0 Å². The molecule has 2 aromatic rings. The highest BCUT2D eigenvalue weighted by molar-refractivity contribution is 5.84. The third-order valence-corrected chi connectivity index (χ3v) is 2.18. The molecule has 15 heavy (non-hydrogen) atoms. The highest BCUT2D eigenvalue weighted by Crippen LogP contribution is 2.18. The maximum Gasteiger partial charge on any atom is 0.320 e. The van der Waals surface area contributed by atoms with Crippen molar-refractivity contribution in [2.75, 3.05) is 0 Å². The van der Waals surface area contributed by atoms with E-state index in [0.717, 1.165) is 10.9 Å². The average Bonchev–Trinajstić information content (AvgIpc) is 2.71. The number of nitrogens with one attached hydrogen (secondary N) is 1. The van der Waals surface area contributed by atoms with Crippen LogP contribution in [0.5, 0.6) is 0 Å². The Morgan fingerprint density at radius 2 is 2.40 bits per heavy atom. The SMILES string of the molecule is [2H][C@H](c1c[nH]c2ccccc12)[C@]([2H])(N)C(=O)O. The van der Waals surface area contributed by atoms with Crippen molar-refractivity contribution in [3.05, 3.63) is 36.0 Å². The van der Waals surface area contributed by atoms with E-state index in [1.54, 1.807) is 12.1 Å². The maximum atomic E-state index is 10.9. The van der Waals surface area contributed by atoms with E-state index in [-0.39, 0.29) is 0 Å². The number of H-pyrrole nitrogens is 1. The zero-order chi connectivity index (χ0) is 12.6. The zero-order valence-electron chi connectivity index (χ0n) is 9.90. The standard InChI is InChI=1S/C11H12N2O2/c12-9(11(14)15)5-7-6-13-10-4-2-1-3-8(7)10/h1-4,6,9,13H,5,12H2,(H,14,15)/t9-/m0/s1/i5D,9D/t5-,9+/m1. The van der Waals surface area contributed by atoms with Crippen LogP contribution in [-0.2, 0) is 11.2 Å². The van der Waals surface area contributed by atoms with Crippen LogP contribution in [0.1, 0.15) is 8.30 Å². The number of para-hydroxylation sites is 1. The summed E-state index contributed by atoms with van der Waals surface area (Å²) in [6.45, 7) is 0. The summed E-state index contributed by atoms with van der Waals surface area (Å²) in [5, 5.41) is 9.56. The lowest BCUT2D eigenvalue weighted by atomic mass is 10.1. The second kappa shape index (κ2) is 3.74. The molecule has 4 nitrogen and oxygen atoms in total. The number of carboxylic acids is 1. The summed E-state index contributed by atoms with van der Waals surface area (Å²) in [5.74, 6) is -1.51. The number of fused-ring (bicyclic) bond motifs is 1. The molecule has 0 radical (unpaired) electrons. The van der Waals surface area contributed by atoms with Crippen LogP contribution < -0.4 is 5.73 Å². The van der Waals surface area contributed by atoms with Gasteiger partial charge in [0, 0.05) is 24.9 Å². The summed E-state index contributed by atoms with van der Waals surface area (Å²) in [6, 6.07) is 4.84. The van der Waals surface area contributed by atoms with Crippen LogP contribution in [0, 0.1) is 0 Å². The molecule has 0 aliphatic rings. The van der Waals surface area contributed by atoms with Gasteiger partial charge in [-0.1, -0.05) is 18.2 Å². The summed E-state index contributed by atoms with van der Waals surface area (Å²) in [4.78, 5) is 13.8. The topological polar surface area (TPSA) is 79.1 Å². The minimum Gasteiger partial charge on any atom is -0.480 e. The lowest BCUT2D eigenvalue weighted by Crippen LogP contribution is -2.32. The molecule has 0 aliphatic heterocycles. The van der Waals surface area contributed by atoms with E-state index in [4.69, 9.17) is 13.6 Å². The Hall–Kier alpha value is -1.81. The molecular formula is C11H12N2O2. The molecule has 0 spiro atoms.